The van der Waals surface area contributed by atoms with Crippen molar-refractivity contribution in [1.29, 1.82) is 0 Å². The van der Waals surface area contributed by atoms with Crippen LogP contribution in [0, 0.1) is 0 Å². The first-order valence-electron chi connectivity index (χ1n) is 11.9. The van der Waals surface area contributed by atoms with Crippen molar-refractivity contribution in [3.63, 3.8) is 0 Å². The van der Waals surface area contributed by atoms with Crippen molar-refractivity contribution >= 4 is 11.8 Å². The summed E-state index contributed by atoms with van der Waals surface area (Å²) in [5.41, 5.74) is 2.64. The molecule has 1 saturated carbocycles. The van der Waals surface area contributed by atoms with Crippen molar-refractivity contribution in [1.82, 2.24) is 0 Å². The van der Waals surface area contributed by atoms with Gasteiger partial charge in [0.1, 0.15) is 24.4 Å². The van der Waals surface area contributed by atoms with E-state index >= 15 is 0 Å². The highest BCUT2D eigenvalue weighted by Gasteiger charge is 2.53. The van der Waals surface area contributed by atoms with Gasteiger partial charge in [0.05, 0.1) is 19.8 Å². The van der Waals surface area contributed by atoms with Crippen LogP contribution in [-0.4, -0.2) is 47.4 Å². The molecule has 1 aliphatic rings. The summed E-state index contributed by atoms with van der Waals surface area (Å²) in [4.78, 5) is 25.2. The fraction of sp³-hybridized carbons (Fsp3) is 0.310. The molecule has 1 fully saturated rings. The van der Waals surface area contributed by atoms with E-state index in [0.29, 0.717) is 0 Å². The highest BCUT2D eigenvalue weighted by molar-refractivity contribution is 5.91. The maximum absolute atomic E-state index is 13.4. The van der Waals surface area contributed by atoms with Crippen molar-refractivity contribution in [2.75, 3.05) is 0 Å². The fourth-order valence-corrected chi connectivity index (χ4v) is 4.18. The Labute approximate surface area is 210 Å². The molecule has 3 aromatic carbocycles. The Morgan fingerprint density at radius 3 is 1.53 bits per heavy atom. The van der Waals surface area contributed by atoms with E-state index in [1.165, 1.54) is 6.92 Å². The molecule has 0 bridgehead atoms. The minimum Gasteiger partial charge on any atom is -0.452 e. The first-order chi connectivity index (χ1) is 17.5. The van der Waals surface area contributed by atoms with E-state index in [1.807, 2.05) is 91.0 Å². The zero-order valence-electron chi connectivity index (χ0n) is 20.1. The average Bonchev–Trinajstić information content (AvgIpc) is 2.90. The van der Waals surface area contributed by atoms with Crippen LogP contribution >= 0.6 is 0 Å². The van der Waals surface area contributed by atoms with Gasteiger partial charge in [-0.25, -0.2) is 0 Å². The molecule has 0 heterocycles. The van der Waals surface area contributed by atoms with Crippen LogP contribution in [0.2, 0.25) is 0 Å². The third-order valence-corrected chi connectivity index (χ3v) is 5.97. The third kappa shape index (κ3) is 6.65. The summed E-state index contributed by atoms with van der Waals surface area (Å²) in [5, 5.41) is 11.1. The fourth-order valence-electron chi connectivity index (χ4n) is 4.18. The van der Waals surface area contributed by atoms with Crippen LogP contribution in [0.4, 0.5) is 0 Å². The largest absolute Gasteiger partial charge is 0.452 e. The number of Topliss-reactive ketones (excluding diaryl/α,β-unsaturated/α-hetero) is 1. The summed E-state index contributed by atoms with van der Waals surface area (Å²) in [6, 6.07) is 28.4. The molecular formula is C29H30O7. The first-order valence-corrected chi connectivity index (χ1v) is 11.9. The number of ether oxygens (including phenoxy) is 4. The van der Waals surface area contributed by atoms with Crippen LogP contribution in [0.25, 0.3) is 0 Å². The van der Waals surface area contributed by atoms with Gasteiger partial charge in [-0.05, 0) is 16.7 Å². The summed E-state index contributed by atoms with van der Waals surface area (Å²) in [6.07, 6.45) is -5.91. The van der Waals surface area contributed by atoms with Crippen LogP contribution in [0.15, 0.2) is 91.0 Å². The van der Waals surface area contributed by atoms with Gasteiger partial charge in [0.2, 0.25) is 5.78 Å². The van der Waals surface area contributed by atoms with E-state index in [2.05, 4.69) is 0 Å². The Morgan fingerprint density at radius 1 is 0.667 bits per heavy atom. The molecule has 7 nitrogen and oxygen atoms in total. The molecule has 0 spiro atoms. The van der Waals surface area contributed by atoms with Gasteiger partial charge in [-0.3, -0.25) is 9.59 Å². The molecule has 188 valence electrons. The van der Waals surface area contributed by atoms with Gasteiger partial charge < -0.3 is 24.1 Å². The summed E-state index contributed by atoms with van der Waals surface area (Å²) in [6.45, 7) is 1.68. The van der Waals surface area contributed by atoms with Crippen LogP contribution in [0.1, 0.15) is 23.6 Å². The number of hydrogen-bond acceptors (Lipinski definition) is 7. The Morgan fingerprint density at radius 2 is 1.08 bits per heavy atom. The second-order valence-corrected chi connectivity index (χ2v) is 8.66. The van der Waals surface area contributed by atoms with Gasteiger partial charge in [-0.1, -0.05) is 91.0 Å². The van der Waals surface area contributed by atoms with Crippen LogP contribution in [0.3, 0.4) is 0 Å². The molecule has 1 aliphatic carbocycles. The predicted molar refractivity (Wildman–Crippen MR) is 132 cm³/mol. The summed E-state index contributed by atoms with van der Waals surface area (Å²) in [5.74, 6) is -1.24. The van der Waals surface area contributed by atoms with Gasteiger partial charge in [-0.2, -0.15) is 0 Å². The van der Waals surface area contributed by atoms with Gasteiger partial charge in [0.25, 0.3) is 0 Å². The molecule has 0 radical (unpaired) electrons. The zero-order valence-corrected chi connectivity index (χ0v) is 20.1. The van der Waals surface area contributed by atoms with E-state index in [-0.39, 0.29) is 19.8 Å². The van der Waals surface area contributed by atoms with Crippen molar-refractivity contribution in [2.24, 2.45) is 0 Å². The average molecular weight is 491 g/mol. The highest BCUT2D eigenvalue weighted by atomic mass is 16.6. The molecule has 0 unspecified atom stereocenters. The van der Waals surface area contributed by atoms with E-state index in [1.54, 1.807) is 0 Å². The maximum atomic E-state index is 13.4. The highest BCUT2D eigenvalue weighted by Crippen LogP contribution is 2.30. The Bertz CT molecular complexity index is 1100. The smallest absolute Gasteiger partial charge is 0.303 e. The molecule has 7 heteroatoms. The normalized spacial score (nSPS) is 23.8. The number of benzene rings is 3. The quantitative estimate of drug-likeness (QED) is 0.434. The van der Waals surface area contributed by atoms with Crippen molar-refractivity contribution in [2.45, 2.75) is 57.3 Å². The standard InChI is InChI=1S/C29H30O7/c1-20(30)36-26-24(31)27(33-17-21-11-5-2-6-12-21)29(35-19-23-15-9-4-10-16-23)28(25(26)32)34-18-22-13-7-3-8-14-22/h2-16,24,26-29,31H,17-19H2,1H3/t24-,26-,27-,28-,29+/m0/s1. The second-order valence-electron chi connectivity index (χ2n) is 8.66. The number of hydrogen-bond donors (Lipinski definition) is 1. The number of ketones is 1. The lowest BCUT2D eigenvalue weighted by atomic mass is 9.85. The second kappa shape index (κ2) is 12.6. The van der Waals surface area contributed by atoms with Gasteiger partial charge >= 0.3 is 5.97 Å². The molecule has 4 rings (SSSR count). The monoisotopic (exact) mass is 490 g/mol. The first kappa shape index (κ1) is 25.7. The van der Waals surface area contributed by atoms with E-state index < -0.39 is 42.3 Å². The third-order valence-electron chi connectivity index (χ3n) is 5.97. The number of aliphatic hydroxyl groups is 1. The lowest BCUT2D eigenvalue weighted by Gasteiger charge is -2.42. The SMILES string of the molecule is CC(=O)O[C@@H]1C(=O)[C@H](OCc2ccccc2)[C@H](OCc2ccccc2)[C@@H](OCc2ccccc2)[C@H]1O. The van der Waals surface area contributed by atoms with Gasteiger partial charge in [0, 0.05) is 6.92 Å². The molecule has 36 heavy (non-hydrogen) atoms. The van der Waals surface area contributed by atoms with Crippen LogP contribution in [0.5, 0.6) is 0 Å². The molecule has 0 saturated heterocycles. The Hall–Kier alpha value is -3.36. The molecule has 3 aromatic rings. The predicted octanol–water partition coefficient (Wildman–Crippen LogP) is 3.62. The minimum atomic E-state index is -1.43. The Kier molecular flexibility index (Phi) is 8.97. The van der Waals surface area contributed by atoms with Crippen molar-refractivity contribution < 1.29 is 33.6 Å². The van der Waals surface area contributed by atoms with Crippen LogP contribution in [-0.2, 0) is 48.4 Å². The van der Waals surface area contributed by atoms with E-state index in [0.717, 1.165) is 16.7 Å². The van der Waals surface area contributed by atoms with E-state index in [4.69, 9.17) is 18.9 Å². The van der Waals surface area contributed by atoms with E-state index in [9.17, 15) is 14.7 Å². The van der Waals surface area contributed by atoms with Gasteiger partial charge in [0.15, 0.2) is 6.10 Å². The number of carbonyl (C=O) groups is 2. The molecule has 0 amide bonds. The zero-order chi connectivity index (χ0) is 25.3. The molecule has 0 aliphatic heterocycles. The number of rotatable bonds is 10. The summed E-state index contributed by atoms with van der Waals surface area (Å²) >= 11 is 0. The number of carbonyl (C=O) groups excluding carboxylic acids is 2. The summed E-state index contributed by atoms with van der Waals surface area (Å²) < 4.78 is 23.6. The van der Waals surface area contributed by atoms with Crippen molar-refractivity contribution in [3.05, 3.63) is 108 Å². The topological polar surface area (TPSA) is 91.3 Å². The lowest BCUT2D eigenvalue weighted by molar-refractivity contribution is -0.225. The molecule has 5 atom stereocenters. The van der Waals surface area contributed by atoms with Crippen molar-refractivity contribution in [3.8, 4) is 0 Å². The summed E-state index contributed by atoms with van der Waals surface area (Å²) in [7, 11) is 0. The molecule has 0 aromatic heterocycles. The lowest BCUT2D eigenvalue weighted by Crippen LogP contribution is -2.64. The van der Waals surface area contributed by atoms with Gasteiger partial charge in [-0.15, -0.1) is 0 Å². The maximum Gasteiger partial charge on any atom is 0.303 e. The number of aliphatic hydroxyl groups excluding tert-OH is 1. The number of esters is 1. The molecular weight excluding hydrogens is 460 g/mol. The Balaban J connectivity index is 1.61. The molecule has 1 N–H and O–H groups in total. The minimum absolute atomic E-state index is 0.136. The van der Waals surface area contributed by atoms with Crippen LogP contribution < -0.4 is 0 Å².